The van der Waals surface area contributed by atoms with Gasteiger partial charge in [-0.1, -0.05) is 27.5 Å². The summed E-state index contributed by atoms with van der Waals surface area (Å²) in [5.74, 6) is 0. The Balaban J connectivity index is 2.53. The number of benzene rings is 1. The van der Waals surface area contributed by atoms with Crippen LogP contribution in [0.15, 0.2) is 22.7 Å². The summed E-state index contributed by atoms with van der Waals surface area (Å²) in [5, 5.41) is 1.62. The van der Waals surface area contributed by atoms with Crippen molar-refractivity contribution < 1.29 is 0 Å². The van der Waals surface area contributed by atoms with E-state index in [-0.39, 0.29) is 6.04 Å². The normalized spacial score (nSPS) is 12.8. The minimum Gasteiger partial charge on any atom is -0.323 e. The summed E-state index contributed by atoms with van der Waals surface area (Å²) in [4.78, 5) is 5.64. The molecule has 1 unspecified atom stereocenters. The monoisotopic (exact) mass is 330 g/mol. The number of aryl methyl sites for hydroxylation is 1. The first-order chi connectivity index (χ1) is 7.99. The van der Waals surface area contributed by atoms with E-state index in [2.05, 4.69) is 20.9 Å². The van der Waals surface area contributed by atoms with Gasteiger partial charge in [-0.15, -0.1) is 11.3 Å². The summed E-state index contributed by atoms with van der Waals surface area (Å²) >= 11 is 11.2. The molecule has 0 aliphatic rings. The first-order valence-corrected chi connectivity index (χ1v) is 7.16. The van der Waals surface area contributed by atoms with Crippen molar-refractivity contribution in [1.29, 1.82) is 0 Å². The molecule has 0 radical (unpaired) electrons. The molecule has 2 aromatic rings. The number of halogens is 2. The van der Waals surface area contributed by atoms with Crippen molar-refractivity contribution in [1.82, 2.24) is 4.98 Å². The molecule has 0 amide bonds. The van der Waals surface area contributed by atoms with E-state index in [1.54, 1.807) is 11.3 Å². The average molecular weight is 332 g/mol. The molecule has 2 nitrogen and oxygen atoms in total. The SMILES string of the molecule is Cc1nc(-c2cc(Br)ccc2Cl)sc1C(C)N. The van der Waals surface area contributed by atoms with Crippen molar-refractivity contribution in [2.24, 2.45) is 5.73 Å². The van der Waals surface area contributed by atoms with Crippen LogP contribution in [0.25, 0.3) is 10.6 Å². The maximum Gasteiger partial charge on any atom is 0.125 e. The summed E-state index contributed by atoms with van der Waals surface area (Å²) < 4.78 is 0.993. The number of hydrogen-bond donors (Lipinski definition) is 1. The number of rotatable bonds is 2. The van der Waals surface area contributed by atoms with E-state index in [0.717, 1.165) is 25.6 Å². The van der Waals surface area contributed by atoms with Gasteiger partial charge in [0.15, 0.2) is 0 Å². The molecule has 0 aliphatic carbocycles. The van der Waals surface area contributed by atoms with E-state index in [1.165, 1.54) is 0 Å². The van der Waals surface area contributed by atoms with Crippen LogP contribution >= 0.6 is 38.9 Å². The number of hydrogen-bond acceptors (Lipinski definition) is 3. The van der Waals surface area contributed by atoms with E-state index in [0.29, 0.717) is 5.02 Å². The molecule has 1 aromatic carbocycles. The molecule has 17 heavy (non-hydrogen) atoms. The van der Waals surface area contributed by atoms with Gasteiger partial charge >= 0.3 is 0 Å². The van der Waals surface area contributed by atoms with Crippen LogP contribution in [0.4, 0.5) is 0 Å². The first kappa shape index (κ1) is 13.0. The molecule has 0 spiro atoms. The van der Waals surface area contributed by atoms with Gasteiger partial charge in [0.25, 0.3) is 0 Å². The lowest BCUT2D eigenvalue weighted by atomic mass is 10.2. The Bertz CT molecular complexity index is 551. The third kappa shape index (κ3) is 2.71. The van der Waals surface area contributed by atoms with Crippen molar-refractivity contribution in [2.45, 2.75) is 19.9 Å². The highest BCUT2D eigenvalue weighted by Gasteiger charge is 2.14. The van der Waals surface area contributed by atoms with Crippen LogP contribution in [0, 0.1) is 6.92 Å². The van der Waals surface area contributed by atoms with Crippen LogP contribution in [0.2, 0.25) is 5.02 Å². The third-order valence-electron chi connectivity index (χ3n) is 2.40. The Hall–Kier alpha value is -0.420. The van der Waals surface area contributed by atoms with E-state index in [1.807, 2.05) is 32.0 Å². The molecule has 0 bridgehead atoms. The predicted molar refractivity (Wildman–Crippen MR) is 77.6 cm³/mol. The van der Waals surface area contributed by atoms with Crippen LogP contribution in [0.1, 0.15) is 23.5 Å². The Morgan fingerprint density at radius 2 is 2.18 bits per heavy atom. The van der Waals surface area contributed by atoms with Crippen LogP contribution in [-0.2, 0) is 0 Å². The fourth-order valence-corrected chi connectivity index (χ4v) is 3.28. The van der Waals surface area contributed by atoms with Gasteiger partial charge in [-0.3, -0.25) is 0 Å². The van der Waals surface area contributed by atoms with Gasteiger partial charge in [0.1, 0.15) is 5.01 Å². The molecular formula is C12H12BrClN2S. The maximum atomic E-state index is 6.19. The summed E-state index contributed by atoms with van der Waals surface area (Å²) in [6.07, 6.45) is 0. The Labute approximate surface area is 118 Å². The van der Waals surface area contributed by atoms with Crippen LogP contribution in [-0.4, -0.2) is 4.98 Å². The second-order valence-electron chi connectivity index (χ2n) is 3.88. The van der Waals surface area contributed by atoms with Crippen molar-refractivity contribution in [3.8, 4) is 10.6 Å². The minimum atomic E-state index is 0.00665. The zero-order chi connectivity index (χ0) is 12.6. The predicted octanol–water partition coefficient (Wildman–Crippen LogP) is 4.55. The van der Waals surface area contributed by atoms with Gasteiger partial charge in [-0.05, 0) is 32.0 Å². The third-order valence-corrected chi connectivity index (χ3v) is 4.62. The highest BCUT2D eigenvalue weighted by Crippen LogP contribution is 2.36. The fourth-order valence-electron chi connectivity index (χ4n) is 1.61. The molecule has 1 heterocycles. The van der Waals surface area contributed by atoms with Crippen molar-refractivity contribution in [2.75, 3.05) is 0 Å². The smallest absolute Gasteiger partial charge is 0.125 e. The number of nitrogens with zero attached hydrogens (tertiary/aromatic N) is 1. The van der Waals surface area contributed by atoms with Gasteiger partial charge in [-0.25, -0.2) is 4.98 Å². The Morgan fingerprint density at radius 3 is 2.76 bits per heavy atom. The van der Waals surface area contributed by atoms with Crippen molar-refractivity contribution in [3.05, 3.63) is 38.3 Å². The van der Waals surface area contributed by atoms with E-state index >= 15 is 0 Å². The van der Waals surface area contributed by atoms with Crippen LogP contribution in [0.5, 0.6) is 0 Å². The van der Waals surface area contributed by atoms with E-state index in [4.69, 9.17) is 17.3 Å². The lowest BCUT2D eigenvalue weighted by molar-refractivity contribution is 0.825. The average Bonchev–Trinajstić information content (AvgIpc) is 2.64. The van der Waals surface area contributed by atoms with E-state index < -0.39 is 0 Å². The van der Waals surface area contributed by atoms with Crippen molar-refractivity contribution in [3.63, 3.8) is 0 Å². The second-order valence-corrected chi connectivity index (χ2v) is 6.24. The molecule has 0 saturated heterocycles. The van der Waals surface area contributed by atoms with Crippen LogP contribution < -0.4 is 5.73 Å². The highest BCUT2D eigenvalue weighted by atomic mass is 79.9. The number of thiazole rings is 1. The highest BCUT2D eigenvalue weighted by molar-refractivity contribution is 9.10. The Morgan fingerprint density at radius 1 is 1.47 bits per heavy atom. The van der Waals surface area contributed by atoms with Gasteiger partial charge < -0.3 is 5.73 Å². The summed E-state index contributed by atoms with van der Waals surface area (Å²) in [6.45, 7) is 3.94. The maximum absolute atomic E-state index is 6.19. The molecule has 1 atom stereocenters. The zero-order valence-corrected chi connectivity index (χ0v) is 12.7. The Kier molecular flexibility index (Phi) is 3.88. The molecule has 2 N–H and O–H groups in total. The largest absolute Gasteiger partial charge is 0.323 e. The molecule has 90 valence electrons. The first-order valence-electron chi connectivity index (χ1n) is 5.17. The molecule has 1 aromatic heterocycles. The van der Waals surface area contributed by atoms with Gasteiger partial charge in [0, 0.05) is 21.0 Å². The summed E-state index contributed by atoms with van der Waals surface area (Å²) in [6, 6.07) is 5.76. The lowest BCUT2D eigenvalue weighted by Gasteiger charge is -2.01. The summed E-state index contributed by atoms with van der Waals surface area (Å²) in [5.41, 5.74) is 7.83. The summed E-state index contributed by atoms with van der Waals surface area (Å²) in [7, 11) is 0. The second kappa shape index (κ2) is 5.06. The quantitative estimate of drug-likeness (QED) is 0.876. The zero-order valence-electron chi connectivity index (χ0n) is 9.50. The van der Waals surface area contributed by atoms with Crippen molar-refractivity contribution >= 4 is 38.9 Å². The molecule has 0 saturated carbocycles. The number of nitrogens with two attached hydrogens (primary N) is 1. The molecule has 5 heteroatoms. The molecular weight excluding hydrogens is 320 g/mol. The molecule has 2 rings (SSSR count). The number of aromatic nitrogens is 1. The molecule has 0 fully saturated rings. The van der Waals surface area contributed by atoms with Gasteiger partial charge in [-0.2, -0.15) is 0 Å². The van der Waals surface area contributed by atoms with Gasteiger partial charge in [0.2, 0.25) is 0 Å². The lowest BCUT2D eigenvalue weighted by Crippen LogP contribution is -2.03. The van der Waals surface area contributed by atoms with Crippen LogP contribution in [0.3, 0.4) is 0 Å². The van der Waals surface area contributed by atoms with E-state index in [9.17, 15) is 0 Å². The standard InChI is InChI=1S/C12H12BrClN2S/c1-6(15)11-7(2)16-12(17-11)9-5-8(13)3-4-10(9)14/h3-6H,15H2,1-2H3. The van der Waals surface area contributed by atoms with Gasteiger partial charge in [0.05, 0.1) is 10.7 Å². The molecule has 0 aliphatic heterocycles. The minimum absolute atomic E-state index is 0.00665. The topological polar surface area (TPSA) is 38.9 Å². The fraction of sp³-hybridized carbons (Fsp3) is 0.250.